The number of aliphatic hydroxyl groups is 5. The molecule has 0 aromatic rings. The number of hydrogen-bond donors (Lipinski definition) is 6. The zero-order valence-corrected chi connectivity index (χ0v) is 44.0. The molecule has 1 fully saturated rings. The van der Waals surface area contributed by atoms with Crippen LogP contribution in [0.3, 0.4) is 0 Å². The first-order chi connectivity index (χ1) is 33.8. The Bertz CT molecular complexity index is 1350. The third-order valence-corrected chi connectivity index (χ3v) is 13.0. The summed E-state index contributed by atoms with van der Waals surface area (Å²) in [4.78, 5) is 13.0. The Balaban J connectivity index is 2.29. The second-order valence-corrected chi connectivity index (χ2v) is 19.4. The molecule has 0 aliphatic carbocycles. The second kappa shape index (κ2) is 49.0. The molecule has 1 aliphatic heterocycles. The van der Waals surface area contributed by atoms with Crippen molar-refractivity contribution in [1.82, 2.24) is 5.32 Å². The molecule has 1 rings (SSSR count). The van der Waals surface area contributed by atoms with Gasteiger partial charge >= 0.3 is 0 Å². The predicted molar refractivity (Wildman–Crippen MR) is 290 cm³/mol. The van der Waals surface area contributed by atoms with E-state index in [-0.39, 0.29) is 18.9 Å². The number of rotatable bonds is 47. The molecule has 1 aliphatic rings. The van der Waals surface area contributed by atoms with Gasteiger partial charge in [0.15, 0.2) is 6.29 Å². The van der Waals surface area contributed by atoms with E-state index in [4.69, 9.17) is 9.47 Å². The number of ether oxygens (including phenoxy) is 2. The van der Waals surface area contributed by atoms with Crippen LogP contribution in [0.2, 0.25) is 0 Å². The van der Waals surface area contributed by atoms with Crippen LogP contribution in [0.15, 0.2) is 85.1 Å². The van der Waals surface area contributed by atoms with Crippen molar-refractivity contribution >= 4 is 5.91 Å². The lowest BCUT2D eigenvalue weighted by Gasteiger charge is -2.40. The largest absolute Gasteiger partial charge is 0.394 e. The number of carbonyl (C=O) groups excluding carboxylic acids is 1. The second-order valence-electron chi connectivity index (χ2n) is 19.4. The van der Waals surface area contributed by atoms with Gasteiger partial charge in [0.2, 0.25) is 5.91 Å². The van der Waals surface area contributed by atoms with Crippen molar-refractivity contribution in [2.24, 2.45) is 0 Å². The van der Waals surface area contributed by atoms with Crippen LogP contribution in [0, 0.1) is 0 Å². The van der Waals surface area contributed by atoms with E-state index in [1.807, 2.05) is 6.08 Å². The molecule has 7 unspecified atom stereocenters. The molecular formula is C60H105NO8. The van der Waals surface area contributed by atoms with Gasteiger partial charge in [-0.15, -0.1) is 0 Å². The lowest BCUT2D eigenvalue weighted by atomic mass is 9.99. The quantitative estimate of drug-likeness (QED) is 0.0261. The minimum atomic E-state index is -1.58. The Morgan fingerprint density at radius 2 is 0.899 bits per heavy atom. The maximum Gasteiger partial charge on any atom is 0.220 e. The molecule has 0 bridgehead atoms. The van der Waals surface area contributed by atoms with E-state index < -0.39 is 49.5 Å². The van der Waals surface area contributed by atoms with Crippen molar-refractivity contribution in [3.8, 4) is 0 Å². The molecule has 1 amide bonds. The Morgan fingerprint density at radius 3 is 1.33 bits per heavy atom. The molecule has 0 radical (unpaired) electrons. The molecule has 398 valence electrons. The maximum atomic E-state index is 13.0. The molecular weight excluding hydrogens is 863 g/mol. The highest BCUT2D eigenvalue weighted by Gasteiger charge is 2.44. The van der Waals surface area contributed by atoms with Gasteiger partial charge in [0, 0.05) is 6.42 Å². The van der Waals surface area contributed by atoms with Gasteiger partial charge in [-0.3, -0.25) is 4.79 Å². The molecule has 0 aromatic heterocycles. The molecule has 6 N–H and O–H groups in total. The van der Waals surface area contributed by atoms with Gasteiger partial charge in [-0.1, -0.05) is 240 Å². The average Bonchev–Trinajstić information content (AvgIpc) is 3.35. The van der Waals surface area contributed by atoms with Crippen LogP contribution in [0.5, 0.6) is 0 Å². The molecule has 7 atom stereocenters. The van der Waals surface area contributed by atoms with Crippen LogP contribution >= 0.6 is 0 Å². The summed E-state index contributed by atoms with van der Waals surface area (Å²) in [6.45, 7) is 3.65. The van der Waals surface area contributed by atoms with Crippen molar-refractivity contribution in [1.29, 1.82) is 0 Å². The monoisotopic (exact) mass is 968 g/mol. The molecule has 0 aromatic carbocycles. The van der Waals surface area contributed by atoms with Crippen molar-refractivity contribution < 1.29 is 39.8 Å². The number of nitrogens with one attached hydrogen (secondary N) is 1. The number of hydrogen-bond acceptors (Lipinski definition) is 8. The number of allylic oxidation sites excluding steroid dienone is 13. The first-order valence-electron chi connectivity index (χ1n) is 28.3. The summed E-state index contributed by atoms with van der Waals surface area (Å²) in [6, 6.07) is -0.834. The SMILES string of the molecule is CC/C=C\C/C=C\C/C=C\C/C=C\C/C=C\C/C=C\CCCCC(=O)NC(COC1OC(CO)C(O)C(O)C1O)C(O)/C=C/CCCCCCCCCCCCCCCCCCCCCCCCC. The van der Waals surface area contributed by atoms with E-state index in [0.717, 1.165) is 70.6 Å². The fraction of sp³-hybridized carbons (Fsp3) is 0.750. The van der Waals surface area contributed by atoms with Gasteiger partial charge in [-0.2, -0.15) is 0 Å². The van der Waals surface area contributed by atoms with Gasteiger partial charge < -0.3 is 40.3 Å². The number of unbranched alkanes of at least 4 members (excludes halogenated alkanes) is 25. The molecule has 1 heterocycles. The molecule has 0 saturated carbocycles. The van der Waals surface area contributed by atoms with Crippen LogP contribution < -0.4 is 5.32 Å². The summed E-state index contributed by atoms with van der Waals surface area (Å²) >= 11 is 0. The van der Waals surface area contributed by atoms with Crippen LogP contribution in [-0.2, 0) is 14.3 Å². The Hall–Kier alpha value is -2.63. The summed E-state index contributed by atoms with van der Waals surface area (Å²) in [5.74, 6) is -0.220. The molecule has 69 heavy (non-hydrogen) atoms. The summed E-state index contributed by atoms with van der Waals surface area (Å²) in [5, 5.41) is 54.5. The minimum Gasteiger partial charge on any atom is -0.394 e. The highest BCUT2D eigenvalue weighted by molar-refractivity contribution is 5.76. The smallest absolute Gasteiger partial charge is 0.220 e. The van der Waals surface area contributed by atoms with E-state index in [9.17, 15) is 30.3 Å². The normalized spacial score (nSPS) is 20.1. The molecule has 0 spiro atoms. The van der Waals surface area contributed by atoms with Crippen LogP contribution in [-0.4, -0.2) is 87.5 Å². The van der Waals surface area contributed by atoms with Crippen molar-refractivity contribution in [2.75, 3.05) is 13.2 Å². The number of amides is 1. The summed E-state index contributed by atoms with van der Waals surface area (Å²) < 4.78 is 11.2. The fourth-order valence-electron chi connectivity index (χ4n) is 8.51. The first kappa shape index (κ1) is 64.4. The Labute approximate surface area is 422 Å². The Morgan fingerprint density at radius 1 is 0.507 bits per heavy atom. The molecule has 9 nitrogen and oxygen atoms in total. The molecule has 9 heteroatoms. The average molecular weight is 968 g/mol. The topological polar surface area (TPSA) is 149 Å². The summed E-state index contributed by atoms with van der Waals surface area (Å²) in [5.41, 5.74) is 0. The minimum absolute atomic E-state index is 0.210. The van der Waals surface area contributed by atoms with Gasteiger partial charge in [0.1, 0.15) is 24.4 Å². The van der Waals surface area contributed by atoms with Gasteiger partial charge in [-0.05, 0) is 70.6 Å². The van der Waals surface area contributed by atoms with Gasteiger partial charge in [0.05, 0.1) is 25.4 Å². The van der Waals surface area contributed by atoms with Crippen molar-refractivity contribution in [3.05, 3.63) is 85.1 Å². The zero-order chi connectivity index (χ0) is 50.1. The van der Waals surface area contributed by atoms with Gasteiger partial charge in [-0.25, -0.2) is 0 Å². The van der Waals surface area contributed by atoms with Crippen LogP contribution in [0.25, 0.3) is 0 Å². The lowest BCUT2D eigenvalue weighted by molar-refractivity contribution is -0.302. The number of carbonyl (C=O) groups is 1. The predicted octanol–water partition coefficient (Wildman–Crippen LogP) is 13.8. The van der Waals surface area contributed by atoms with Crippen molar-refractivity contribution in [3.63, 3.8) is 0 Å². The number of aliphatic hydroxyl groups excluding tert-OH is 5. The third-order valence-electron chi connectivity index (χ3n) is 13.0. The van der Waals surface area contributed by atoms with E-state index >= 15 is 0 Å². The highest BCUT2D eigenvalue weighted by Crippen LogP contribution is 2.23. The lowest BCUT2D eigenvalue weighted by Crippen LogP contribution is -2.60. The summed E-state index contributed by atoms with van der Waals surface area (Å²) in [6.07, 6.45) is 62.2. The van der Waals surface area contributed by atoms with Crippen LogP contribution in [0.1, 0.15) is 232 Å². The highest BCUT2D eigenvalue weighted by atomic mass is 16.7. The van der Waals surface area contributed by atoms with E-state index in [0.29, 0.717) is 6.42 Å². The standard InChI is InChI=1S/C60H105NO8/c1-3-5-7-9-11-13-15-17-19-21-23-25-26-27-28-30-31-33-35-37-39-41-43-45-47-49-54(63)53(52-68-60-59(67)58(66)57(65)55(51-62)69-60)61-56(64)50-48-46-44-42-40-38-36-34-32-29-24-22-20-18-16-14-12-10-8-6-4-2/h6,8,12,14,18,20,24,29,34,36,40,42,47,49,53-55,57-60,62-63,65-67H,3-5,7,9-11,13,15-17,19,21-23,25-28,30-33,35,37-39,41,43-46,48,50-52H2,1-2H3,(H,61,64)/b8-6-,14-12-,20-18-,29-24-,36-34-,42-40-,49-47+. The van der Waals surface area contributed by atoms with E-state index in [1.165, 1.54) is 135 Å². The zero-order valence-electron chi connectivity index (χ0n) is 44.0. The van der Waals surface area contributed by atoms with Crippen molar-refractivity contribution in [2.45, 2.75) is 275 Å². The fourth-order valence-corrected chi connectivity index (χ4v) is 8.51. The third kappa shape index (κ3) is 38.7. The van der Waals surface area contributed by atoms with E-state index in [2.05, 4.69) is 92.1 Å². The first-order valence-corrected chi connectivity index (χ1v) is 28.3. The van der Waals surface area contributed by atoms with Crippen LogP contribution in [0.4, 0.5) is 0 Å². The van der Waals surface area contributed by atoms with E-state index in [1.54, 1.807) is 6.08 Å². The molecule has 1 saturated heterocycles. The van der Waals surface area contributed by atoms with Gasteiger partial charge in [0.25, 0.3) is 0 Å². The summed E-state index contributed by atoms with van der Waals surface area (Å²) in [7, 11) is 0. The maximum absolute atomic E-state index is 13.0. The Kier molecular flexibility index (Phi) is 45.7.